The van der Waals surface area contributed by atoms with Crippen LogP contribution in [0.5, 0.6) is 0 Å². The summed E-state index contributed by atoms with van der Waals surface area (Å²) in [5, 5.41) is 40.8. The Balaban J connectivity index is 1.94. The smallest absolute Gasteiger partial charge is 0.125 e. The van der Waals surface area contributed by atoms with Crippen molar-refractivity contribution in [2.24, 2.45) is 0 Å². The summed E-state index contributed by atoms with van der Waals surface area (Å²) in [7, 11) is 0. The van der Waals surface area contributed by atoms with Crippen molar-refractivity contribution in [3.63, 3.8) is 0 Å². The molecule has 0 saturated carbocycles. The van der Waals surface area contributed by atoms with Crippen LogP contribution in [0.4, 0.5) is 5.82 Å². The third kappa shape index (κ3) is 2.88. The van der Waals surface area contributed by atoms with Crippen LogP contribution in [0.1, 0.15) is 30.1 Å². The van der Waals surface area contributed by atoms with Crippen LogP contribution in [0.2, 0.25) is 10.0 Å². The molecule has 9 heteroatoms. The van der Waals surface area contributed by atoms with E-state index in [1.807, 2.05) is 0 Å². The molecule has 2 aliphatic heterocycles. The van der Waals surface area contributed by atoms with E-state index in [4.69, 9.17) is 27.9 Å². The number of ether oxygens (including phenoxy) is 1. The molecule has 1 aromatic carbocycles. The van der Waals surface area contributed by atoms with E-state index in [2.05, 4.69) is 16.0 Å². The van der Waals surface area contributed by atoms with Crippen LogP contribution in [0.15, 0.2) is 6.07 Å². The molecule has 4 N–H and O–H groups in total. The van der Waals surface area contributed by atoms with E-state index in [-0.39, 0.29) is 10.0 Å². The second kappa shape index (κ2) is 7.13. The molecule has 2 saturated heterocycles. The zero-order valence-electron chi connectivity index (χ0n) is 14.3. The first-order chi connectivity index (χ1) is 13.0. The van der Waals surface area contributed by atoms with E-state index >= 15 is 0 Å². The van der Waals surface area contributed by atoms with Gasteiger partial charge in [-0.05, 0) is 18.9 Å². The molecule has 1 aromatic heterocycles. The molecule has 0 radical (unpaired) electrons. The number of anilines is 1. The highest BCUT2D eigenvalue weighted by atomic mass is 35.5. The lowest BCUT2D eigenvalue weighted by Crippen LogP contribution is -2.32. The van der Waals surface area contributed by atoms with Gasteiger partial charge in [0, 0.05) is 24.0 Å². The summed E-state index contributed by atoms with van der Waals surface area (Å²) in [6, 6.07) is 3.88. The van der Waals surface area contributed by atoms with Crippen molar-refractivity contribution >= 4 is 39.9 Å². The standard InChI is InChI=1S/C18H19Cl2N3O4/c19-9-5-10-12(8(6-21)18(22-10)23-3-1-2-4-23)13(14(9)20)17-16(26)15(25)11(7-24)27-17/h5,11,15-17,22,24-26H,1-4,7H2/t11-,15-,16-,17+/m1/s1. The van der Waals surface area contributed by atoms with Crippen molar-refractivity contribution in [3.8, 4) is 6.07 Å². The summed E-state index contributed by atoms with van der Waals surface area (Å²) in [5.41, 5.74) is 1.36. The van der Waals surface area contributed by atoms with Gasteiger partial charge < -0.3 is 29.9 Å². The maximum absolute atomic E-state index is 10.5. The molecule has 0 spiro atoms. The molecule has 4 rings (SSSR count). The monoisotopic (exact) mass is 411 g/mol. The van der Waals surface area contributed by atoms with Crippen molar-refractivity contribution in [3.05, 3.63) is 27.2 Å². The van der Waals surface area contributed by atoms with E-state index in [0.717, 1.165) is 25.9 Å². The average Bonchev–Trinajstić information content (AvgIpc) is 3.36. The Hall–Kier alpha value is -1.53. The Morgan fingerprint density at radius 1 is 1.26 bits per heavy atom. The fourth-order valence-corrected chi connectivity index (χ4v) is 4.48. The number of aromatic amines is 1. The summed E-state index contributed by atoms with van der Waals surface area (Å²) in [5.74, 6) is 0.691. The maximum atomic E-state index is 10.5. The molecule has 27 heavy (non-hydrogen) atoms. The van der Waals surface area contributed by atoms with Gasteiger partial charge in [-0.2, -0.15) is 5.26 Å². The van der Waals surface area contributed by atoms with Crippen molar-refractivity contribution in [2.45, 2.75) is 37.3 Å². The van der Waals surface area contributed by atoms with Crippen LogP contribution in [0, 0.1) is 11.3 Å². The zero-order valence-corrected chi connectivity index (χ0v) is 15.8. The molecule has 2 fully saturated rings. The summed E-state index contributed by atoms with van der Waals surface area (Å²) in [6.07, 6.45) is -2.45. The molecule has 0 unspecified atom stereocenters. The molecule has 0 amide bonds. The lowest BCUT2D eigenvalue weighted by Gasteiger charge is -2.19. The number of hydrogen-bond acceptors (Lipinski definition) is 6. The highest BCUT2D eigenvalue weighted by molar-refractivity contribution is 6.43. The van der Waals surface area contributed by atoms with E-state index < -0.39 is 31.0 Å². The van der Waals surface area contributed by atoms with Gasteiger partial charge in [0.25, 0.3) is 0 Å². The number of nitriles is 1. The van der Waals surface area contributed by atoms with Crippen molar-refractivity contribution in [2.75, 3.05) is 24.6 Å². The van der Waals surface area contributed by atoms with Crippen LogP contribution < -0.4 is 4.90 Å². The van der Waals surface area contributed by atoms with E-state index in [1.165, 1.54) is 0 Å². The predicted molar refractivity (Wildman–Crippen MR) is 101 cm³/mol. The second-order valence-corrected chi connectivity index (χ2v) is 7.71. The van der Waals surface area contributed by atoms with Crippen molar-refractivity contribution in [1.82, 2.24) is 4.98 Å². The summed E-state index contributed by atoms with van der Waals surface area (Å²) in [6.45, 7) is 1.23. The SMILES string of the molecule is N#Cc1c(N2CCCC2)[nH]c2cc(Cl)c(Cl)c([C@@H]3O[C@H](CO)[C@@H](O)[C@H]3O)c12. The quantitative estimate of drug-likeness (QED) is 0.614. The lowest BCUT2D eigenvalue weighted by atomic mass is 9.96. The number of aromatic nitrogens is 1. The van der Waals surface area contributed by atoms with Gasteiger partial charge in [0.2, 0.25) is 0 Å². The normalized spacial score (nSPS) is 28.2. The number of nitrogens with one attached hydrogen (secondary N) is 1. The number of fused-ring (bicyclic) bond motifs is 1. The Kier molecular flexibility index (Phi) is 4.97. The fourth-order valence-electron chi connectivity index (χ4n) is 4.01. The number of nitrogens with zero attached hydrogens (tertiary/aromatic N) is 2. The van der Waals surface area contributed by atoms with Gasteiger partial charge in [-0.25, -0.2) is 0 Å². The van der Waals surface area contributed by atoms with Crippen LogP contribution in [-0.4, -0.2) is 58.3 Å². The number of benzene rings is 1. The molecular formula is C18H19Cl2N3O4. The van der Waals surface area contributed by atoms with Gasteiger partial charge in [-0.3, -0.25) is 0 Å². The minimum Gasteiger partial charge on any atom is -0.394 e. The Bertz CT molecular complexity index is 920. The van der Waals surface area contributed by atoms with Gasteiger partial charge in [0.05, 0.1) is 22.2 Å². The third-order valence-electron chi connectivity index (χ3n) is 5.36. The Labute approximate surface area is 165 Å². The highest BCUT2D eigenvalue weighted by Crippen LogP contribution is 2.46. The Morgan fingerprint density at radius 3 is 2.56 bits per heavy atom. The molecule has 2 aromatic rings. The summed E-state index contributed by atoms with van der Waals surface area (Å²) in [4.78, 5) is 5.35. The number of aliphatic hydroxyl groups excluding tert-OH is 3. The number of rotatable bonds is 3. The first-order valence-corrected chi connectivity index (χ1v) is 9.54. The molecule has 0 aliphatic carbocycles. The summed E-state index contributed by atoms with van der Waals surface area (Å²) < 4.78 is 5.67. The van der Waals surface area contributed by atoms with Crippen molar-refractivity contribution < 1.29 is 20.1 Å². The van der Waals surface area contributed by atoms with E-state index in [9.17, 15) is 20.6 Å². The number of hydrogen-bond donors (Lipinski definition) is 4. The predicted octanol–water partition coefficient (Wildman–Crippen LogP) is 2.10. The number of H-pyrrole nitrogens is 1. The van der Waals surface area contributed by atoms with Gasteiger partial charge in [0.15, 0.2) is 0 Å². The molecule has 3 heterocycles. The van der Waals surface area contributed by atoms with Crippen LogP contribution in [0.3, 0.4) is 0 Å². The summed E-state index contributed by atoms with van der Waals surface area (Å²) >= 11 is 12.7. The molecule has 2 aliphatic rings. The largest absolute Gasteiger partial charge is 0.394 e. The molecule has 4 atom stereocenters. The zero-order chi connectivity index (χ0) is 19.3. The number of halogens is 2. The second-order valence-electron chi connectivity index (χ2n) is 6.92. The first-order valence-electron chi connectivity index (χ1n) is 8.79. The van der Waals surface area contributed by atoms with Crippen molar-refractivity contribution in [1.29, 1.82) is 5.26 Å². The van der Waals surface area contributed by atoms with Gasteiger partial charge in [-0.15, -0.1) is 0 Å². The van der Waals surface area contributed by atoms with Crippen LogP contribution >= 0.6 is 23.2 Å². The lowest BCUT2D eigenvalue weighted by molar-refractivity contribution is -0.0223. The Morgan fingerprint density at radius 2 is 1.96 bits per heavy atom. The maximum Gasteiger partial charge on any atom is 0.125 e. The molecule has 144 valence electrons. The fraction of sp³-hybridized carbons (Fsp3) is 0.500. The average molecular weight is 412 g/mol. The van der Waals surface area contributed by atoms with Crippen LogP contribution in [0.25, 0.3) is 10.9 Å². The van der Waals surface area contributed by atoms with E-state index in [0.29, 0.717) is 27.8 Å². The third-order valence-corrected chi connectivity index (χ3v) is 6.16. The minimum absolute atomic E-state index is 0.155. The topological polar surface area (TPSA) is 113 Å². The van der Waals surface area contributed by atoms with Crippen LogP contribution in [-0.2, 0) is 4.74 Å². The van der Waals surface area contributed by atoms with Gasteiger partial charge in [0.1, 0.15) is 41.9 Å². The van der Waals surface area contributed by atoms with Gasteiger partial charge >= 0.3 is 0 Å². The van der Waals surface area contributed by atoms with E-state index in [1.54, 1.807) is 6.07 Å². The molecule has 0 bridgehead atoms. The first kappa shape index (κ1) is 18.8. The number of aliphatic hydroxyl groups is 3. The highest BCUT2D eigenvalue weighted by Gasteiger charge is 2.45. The molecular weight excluding hydrogens is 393 g/mol. The minimum atomic E-state index is -1.31. The molecule has 7 nitrogen and oxygen atoms in total. The van der Waals surface area contributed by atoms with Gasteiger partial charge in [-0.1, -0.05) is 23.2 Å².